The van der Waals surface area contributed by atoms with E-state index in [1.54, 1.807) is 12.4 Å². The van der Waals surface area contributed by atoms with E-state index in [4.69, 9.17) is 5.73 Å². The number of nitrogens with zero attached hydrogens (tertiary/aromatic N) is 1. The van der Waals surface area contributed by atoms with E-state index in [1.807, 2.05) is 19.1 Å². The Morgan fingerprint density at radius 2 is 2.16 bits per heavy atom. The highest BCUT2D eigenvalue weighted by Gasteiger charge is 2.24. The SMILES string of the molecule is C[C@H](NC(=O)C(CN)CC(C)(C)C)c1cccnc1. The Kier molecular flexibility index (Phi) is 5.48. The lowest BCUT2D eigenvalue weighted by molar-refractivity contribution is -0.126. The minimum absolute atomic E-state index is 0.0220. The standard InChI is InChI=1S/C15H25N3O/c1-11(12-6-5-7-17-10-12)18-14(19)13(9-16)8-15(2,3)4/h5-7,10-11,13H,8-9,16H2,1-4H3,(H,18,19)/t11-,13?/m0/s1. The molecule has 0 bridgehead atoms. The molecule has 0 aliphatic rings. The zero-order valence-corrected chi connectivity index (χ0v) is 12.3. The van der Waals surface area contributed by atoms with E-state index >= 15 is 0 Å². The largest absolute Gasteiger partial charge is 0.349 e. The number of carbonyl (C=O) groups is 1. The molecule has 0 aromatic carbocycles. The molecule has 1 aromatic heterocycles. The molecule has 106 valence electrons. The van der Waals surface area contributed by atoms with Gasteiger partial charge in [-0.2, -0.15) is 0 Å². The predicted octanol–water partition coefficient (Wildman–Crippen LogP) is 2.27. The molecule has 0 spiro atoms. The molecular weight excluding hydrogens is 238 g/mol. The number of pyridine rings is 1. The highest BCUT2D eigenvalue weighted by Crippen LogP contribution is 2.24. The maximum absolute atomic E-state index is 12.2. The van der Waals surface area contributed by atoms with Crippen LogP contribution in [0.1, 0.15) is 45.7 Å². The fraction of sp³-hybridized carbons (Fsp3) is 0.600. The molecule has 0 saturated heterocycles. The van der Waals surface area contributed by atoms with Crippen LogP contribution in [-0.4, -0.2) is 17.4 Å². The topological polar surface area (TPSA) is 68.0 Å². The first-order valence-corrected chi connectivity index (χ1v) is 6.74. The lowest BCUT2D eigenvalue weighted by Gasteiger charge is -2.25. The Balaban J connectivity index is 2.62. The molecule has 3 N–H and O–H groups in total. The number of nitrogens with one attached hydrogen (secondary N) is 1. The molecular formula is C15H25N3O. The molecule has 19 heavy (non-hydrogen) atoms. The van der Waals surface area contributed by atoms with Crippen molar-refractivity contribution >= 4 is 5.91 Å². The quantitative estimate of drug-likeness (QED) is 0.856. The van der Waals surface area contributed by atoms with Crippen molar-refractivity contribution in [1.29, 1.82) is 0 Å². The average Bonchev–Trinajstić information content (AvgIpc) is 2.35. The van der Waals surface area contributed by atoms with Gasteiger partial charge in [-0.05, 0) is 30.4 Å². The van der Waals surface area contributed by atoms with E-state index < -0.39 is 0 Å². The molecule has 4 heteroatoms. The Morgan fingerprint density at radius 1 is 1.47 bits per heavy atom. The number of carbonyl (C=O) groups excluding carboxylic acids is 1. The number of hydrogen-bond acceptors (Lipinski definition) is 3. The maximum Gasteiger partial charge on any atom is 0.224 e. The summed E-state index contributed by atoms with van der Waals surface area (Å²) in [6.45, 7) is 8.69. The number of amides is 1. The van der Waals surface area contributed by atoms with Crippen LogP contribution in [-0.2, 0) is 4.79 Å². The predicted molar refractivity (Wildman–Crippen MR) is 77.4 cm³/mol. The molecule has 4 nitrogen and oxygen atoms in total. The highest BCUT2D eigenvalue weighted by molar-refractivity contribution is 5.79. The van der Waals surface area contributed by atoms with Crippen LogP contribution in [0, 0.1) is 11.3 Å². The van der Waals surface area contributed by atoms with Crippen LogP contribution >= 0.6 is 0 Å². The summed E-state index contributed by atoms with van der Waals surface area (Å²) in [7, 11) is 0. The molecule has 0 fully saturated rings. The molecule has 1 heterocycles. The van der Waals surface area contributed by atoms with Gasteiger partial charge in [-0.1, -0.05) is 26.8 Å². The summed E-state index contributed by atoms with van der Waals surface area (Å²) < 4.78 is 0. The van der Waals surface area contributed by atoms with Crippen LogP contribution in [0.25, 0.3) is 0 Å². The summed E-state index contributed by atoms with van der Waals surface area (Å²) in [6, 6.07) is 3.78. The first kappa shape index (κ1) is 15.6. The van der Waals surface area contributed by atoms with E-state index in [0.29, 0.717) is 6.54 Å². The van der Waals surface area contributed by atoms with Gasteiger partial charge in [0.25, 0.3) is 0 Å². The van der Waals surface area contributed by atoms with Crippen molar-refractivity contribution in [2.24, 2.45) is 17.1 Å². The molecule has 0 aliphatic heterocycles. The summed E-state index contributed by atoms with van der Waals surface area (Å²) in [5.41, 5.74) is 6.82. The Bertz CT molecular complexity index is 398. The Labute approximate surface area is 115 Å². The minimum Gasteiger partial charge on any atom is -0.349 e. The van der Waals surface area contributed by atoms with Crippen molar-refractivity contribution in [3.63, 3.8) is 0 Å². The minimum atomic E-state index is -0.140. The molecule has 1 rings (SSSR count). The lowest BCUT2D eigenvalue weighted by Crippen LogP contribution is -2.38. The van der Waals surface area contributed by atoms with Crippen molar-refractivity contribution in [1.82, 2.24) is 10.3 Å². The van der Waals surface area contributed by atoms with Gasteiger partial charge in [0.15, 0.2) is 0 Å². The first-order valence-electron chi connectivity index (χ1n) is 6.74. The summed E-state index contributed by atoms with van der Waals surface area (Å²) in [6.07, 6.45) is 4.28. The fourth-order valence-corrected chi connectivity index (χ4v) is 2.07. The van der Waals surface area contributed by atoms with Gasteiger partial charge in [-0.25, -0.2) is 0 Å². The van der Waals surface area contributed by atoms with Crippen LogP contribution < -0.4 is 11.1 Å². The van der Waals surface area contributed by atoms with E-state index in [0.717, 1.165) is 12.0 Å². The van der Waals surface area contributed by atoms with Crippen molar-refractivity contribution in [3.8, 4) is 0 Å². The van der Waals surface area contributed by atoms with E-state index in [9.17, 15) is 4.79 Å². The van der Waals surface area contributed by atoms with Crippen LogP contribution in [0.15, 0.2) is 24.5 Å². The summed E-state index contributed by atoms with van der Waals surface area (Å²) in [5.74, 6) is -0.118. The normalized spacial score (nSPS) is 14.8. The van der Waals surface area contributed by atoms with Gasteiger partial charge < -0.3 is 11.1 Å². The van der Waals surface area contributed by atoms with Gasteiger partial charge in [-0.3, -0.25) is 9.78 Å². The number of rotatable bonds is 5. The van der Waals surface area contributed by atoms with E-state index in [1.165, 1.54) is 0 Å². The van der Waals surface area contributed by atoms with Crippen LogP contribution in [0.4, 0.5) is 0 Å². The van der Waals surface area contributed by atoms with Crippen LogP contribution in [0.2, 0.25) is 0 Å². The second kappa shape index (κ2) is 6.66. The third kappa shape index (κ3) is 5.39. The van der Waals surface area contributed by atoms with Gasteiger partial charge in [0.1, 0.15) is 0 Å². The second-order valence-corrected chi connectivity index (χ2v) is 6.21. The lowest BCUT2D eigenvalue weighted by atomic mass is 9.84. The zero-order chi connectivity index (χ0) is 14.5. The van der Waals surface area contributed by atoms with Gasteiger partial charge in [0.2, 0.25) is 5.91 Å². The van der Waals surface area contributed by atoms with Gasteiger partial charge in [0, 0.05) is 18.9 Å². The van der Waals surface area contributed by atoms with Crippen molar-refractivity contribution < 1.29 is 4.79 Å². The van der Waals surface area contributed by atoms with Crippen molar-refractivity contribution in [2.75, 3.05) is 6.54 Å². The number of aromatic nitrogens is 1. The second-order valence-electron chi connectivity index (χ2n) is 6.21. The number of nitrogens with two attached hydrogens (primary N) is 1. The third-order valence-corrected chi connectivity index (χ3v) is 3.06. The van der Waals surface area contributed by atoms with Gasteiger partial charge in [0.05, 0.1) is 12.0 Å². The summed E-state index contributed by atoms with van der Waals surface area (Å²) >= 11 is 0. The van der Waals surface area contributed by atoms with E-state index in [2.05, 4.69) is 31.1 Å². The Morgan fingerprint density at radius 3 is 2.63 bits per heavy atom. The maximum atomic E-state index is 12.2. The Hall–Kier alpha value is -1.42. The smallest absolute Gasteiger partial charge is 0.224 e. The summed E-state index contributed by atoms with van der Waals surface area (Å²) in [4.78, 5) is 16.3. The zero-order valence-electron chi connectivity index (χ0n) is 12.3. The molecule has 1 unspecified atom stereocenters. The third-order valence-electron chi connectivity index (χ3n) is 3.06. The first-order chi connectivity index (χ1) is 8.83. The molecule has 1 aromatic rings. The van der Waals surface area contributed by atoms with Gasteiger partial charge >= 0.3 is 0 Å². The average molecular weight is 263 g/mol. The molecule has 2 atom stereocenters. The molecule has 0 saturated carbocycles. The van der Waals surface area contributed by atoms with Gasteiger partial charge in [-0.15, -0.1) is 0 Å². The highest BCUT2D eigenvalue weighted by atomic mass is 16.1. The van der Waals surface area contributed by atoms with Crippen molar-refractivity contribution in [3.05, 3.63) is 30.1 Å². The molecule has 0 radical (unpaired) electrons. The van der Waals surface area contributed by atoms with Crippen LogP contribution in [0.3, 0.4) is 0 Å². The summed E-state index contributed by atoms with van der Waals surface area (Å²) in [5, 5.41) is 3.01. The monoisotopic (exact) mass is 263 g/mol. The molecule has 0 aliphatic carbocycles. The van der Waals surface area contributed by atoms with Crippen molar-refractivity contribution in [2.45, 2.75) is 40.2 Å². The fourth-order valence-electron chi connectivity index (χ4n) is 2.07. The number of hydrogen-bond donors (Lipinski definition) is 2. The van der Waals surface area contributed by atoms with E-state index in [-0.39, 0.29) is 23.3 Å². The molecule has 1 amide bonds. The van der Waals surface area contributed by atoms with Crippen LogP contribution in [0.5, 0.6) is 0 Å².